The topological polar surface area (TPSA) is 91.8 Å². The second-order valence-corrected chi connectivity index (χ2v) is 7.23. The van der Waals surface area contributed by atoms with Crippen molar-refractivity contribution >= 4 is 15.7 Å². The lowest BCUT2D eigenvalue weighted by Crippen LogP contribution is -2.33. The largest absolute Gasteiger partial charge is 0.355 e. The van der Waals surface area contributed by atoms with E-state index in [9.17, 15) is 8.42 Å². The third kappa shape index (κ3) is 2.90. The van der Waals surface area contributed by atoms with Gasteiger partial charge in [-0.2, -0.15) is 5.10 Å². The predicted octanol–water partition coefficient (Wildman–Crippen LogP) is 0.987. The molecule has 1 aliphatic rings. The van der Waals surface area contributed by atoms with Crippen molar-refractivity contribution < 1.29 is 8.42 Å². The molecule has 112 valence electrons. The number of sulfone groups is 1. The Bertz CT molecular complexity index is 705. The Balaban J connectivity index is 1.74. The summed E-state index contributed by atoms with van der Waals surface area (Å²) in [5, 5.41) is 6.76. The van der Waals surface area contributed by atoms with E-state index in [4.69, 9.17) is 0 Å². The molecule has 7 nitrogen and oxygen atoms in total. The van der Waals surface area contributed by atoms with Crippen LogP contribution in [0.2, 0.25) is 0 Å². The minimum Gasteiger partial charge on any atom is -0.355 e. The lowest BCUT2D eigenvalue weighted by Gasteiger charge is -2.32. The van der Waals surface area contributed by atoms with Crippen LogP contribution in [0.3, 0.4) is 0 Å². The molecule has 1 N–H and O–H groups in total. The lowest BCUT2D eigenvalue weighted by atomic mass is 9.93. The molecule has 21 heavy (non-hydrogen) atoms. The van der Waals surface area contributed by atoms with Crippen molar-refractivity contribution in [3.05, 3.63) is 30.5 Å². The van der Waals surface area contributed by atoms with E-state index >= 15 is 0 Å². The van der Waals surface area contributed by atoms with E-state index in [0.29, 0.717) is 4.90 Å². The zero-order chi connectivity index (χ0) is 14.9. The fraction of sp³-hybridized carbons (Fsp3) is 0.462. The van der Waals surface area contributed by atoms with E-state index in [-0.39, 0.29) is 5.92 Å². The first-order valence-corrected chi connectivity index (χ1v) is 8.69. The molecule has 1 fully saturated rings. The molecule has 0 aliphatic carbocycles. The molecule has 2 aromatic rings. The Kier molecular flexibility index (Phi) is 3.62. The minimum absolute atomic E-state index is 0.185. The minimum atomic E-state index is -3.23. The first kappa shape index (κ1) is 14.0. The van der Waals surface area contributed by atoms with Crippen LogP contribution in [0.5, 0.6) is 0 Å². The van der Waals surface area contributed by atoms with Crippen molar-refractivity contribution in [2.45, 2.75) is 23.7 Å². The summed E-state index contributed by atoms with van der Waals surface area (Å²) in [6.45, 7) is 1.65. The Morgan fingerprint density at radius 2 is 2.00 bits per heavy atom. The van der Waals surface area contributed by atoms with Crippen LogP contribution in [0.1, 0.15) is 24.5 Å². The van der Waals surface area contributed by atoms with Crippen LogP contribution < -0.4 is 4.90 Å². The van der Waals surface area contributed by atoms with Crippen molar-refractivity contribution in [3.8, 4) is 0 Å². The van der Waals surface area contributed by atoms with Gasteiger partial charge in [-0.15, -0.1) is 0 Å². The monoisotopic (exact) mass is 307 g/mol. The number of nitrogens with one attached hydrogen (secondary N) is 1. The molecule has 0 radical (unpaired) electrons. The van der Waals surface area contributed by atoms with Crippen molar-refractivity contribution in [3.63, 3.8) is 0 Å². The van der Waals surface area contributed by atoms with E-state index in [2.05, 4.69) is 25.1 Å². The van der Waals surface area contributed by atoms with Gasteiger partial charge in [-0.05, 0) is 12.8 Å². The van der Waals surface area contributed by atoms with Gasteiger partial charge in [0.25, 0.3) is 0 Å². The summed E-state index contributed by atoms with van der Waals surface area (Å²) in [6, 6.07) is 0. The zero-order valence-electron chi connectivity index (χ0n) is 11.7. The van der Waals surface area contributed by atoms with Gasteiger partial charge in [-0.25, -0.2) is 13.4 Å². The Morgan fingerprint density at radius 1 is 1.24 bits per heavy atom. The molecule has 0 spiro atoms. The molecule has 0 bridgehead atoms. The summed E-state index contributed by atoms with van der Waals surface area (Å²) < 4.78 is 23.5. The molecule has 0 saturated carbocycles. The summed E-state index contributed by atoms with van der Waals surface area (Å²) in [5.41, 5.74) is 0.733. The quantitative estimate of drug-likeness (QED) is 0.909. The molecule has 2 aromatic heterocycles. The maximum Gasteiger partial charge on any atom is 0.178 e. The molecular weight excluding hydrogens is 290 g/mol. The molecule has 0 aromatic carbocycles. The number of anilines is 1. The maximum absolute atomic E-state index is 11.8. The molecule has 0 atom stereocenters. The highest BCUT2D eigenvalue weighted by Gasteiger charge is 2.27. The maximum atomic E-state index is 11.8. The highest BCUT2D eigenvalue weighted by molar-refractivity contribution is 7.90. The molecule has 3 rings (SSSR count). The van der Waals surface area contributed by atoms with Crippen molar-refractivity contribution in [1.82, 2.24) is 20.2 Å². The number of hydrogen-bond acceptors (Lipinski definition) is 6. The number of H-pyrrole nitrogens is 1. The van der Waals surface area contributed by atoms with Crippen molar-refractivity contribution in [2.75, 3.05) is 24.2 Å². The van der Waals surface area contributed by atoms with Crippen LogP contribution in [-0.2, 0) is 9.84 Å². The SMILES string of the molecule is CS(=O)(=O)c1cn[nH]c1C1CCN(c2cnccn2)CC1. The van der Waals surface area contributed by atoms with Gasteiger partial charge >= 0.3 is 0 Å². The van der Waals surface area contributed by atoms with Gasteiger partial charge in [0.2, 0.25) is 0 Å². The van der Waals surface area contributed by atoms with E-state index in [1.807, 2.05) is 0 Å². The van der Waals surface area contributed by atoms with E-state index in [1.54, 1.807) is 18.6 Å². The van der Waals surface area contributed by atoms with E-state index in [0.717, 1.165) is 37.4 Å². The van der Waals surface area contributed by atoms with Crippen molar-refractivity contribution in [2.24, 2.45) is 0 Å². The van der Waals surface area contributed by atoms with Gasteiger partial charge in [-0.1, -0.05) is 0 Å². The zero-order valence-corrected chi connectivity index (χ0v) is 12.5. The van der Waals surface area contributed by atoms with Crippen LogP contribution in [0.15, 0.2) is 29.7 Å². The average Bonchev–Trinajstić information content (AvgIpc) is 2.98. The number of hydrogen-bond donors (Lipinski definition) is 1. The standard InChI is InChI=1S/C13H17N5O2S/c1-21(19,20)11-8-16-17-13(11)10-2-6-18(7-3-10)12-9-14-4-5-15-12/h4-5,8-10H,2-3,6-7H2,1H3,(H,16,17). The van der Waals surface area contributed by atoms with Crippen LogP contribution in [0, 0.1) is 0 Å². The first-order valence-electron chi connectivity index (χ1n) is 6.80. The Labute approximate surface area is 123 Å². The number of aromatic nitrogens is 4. The number of piperidine rings is 1. The lowest BCUT2D eigenvalue weighted by molar-refractivity contribution is 0.486. The van der Waals surface area contributed by atoms with Crippen LogP contribution >= 0.6 is 0 Å². The van der Waals surface area contributed by atoms with Gasteiger partial charge in [0, 0.05) is 37.7 Å². The smallest absolute Gasteiger partial charge is 0.178 e. The highest BCUT2D eigenvalue weighted by Crippen LogP contribution is 2.31. The number of rotatable bonds is 3. The molecule has 0 unspecified atom stereocenters. The Morgan fingerprint density at radius 3 is 2.62 bits per heavy atom. The third-order valence-electron chi connectivity index (χ3n) is 3.81. The van der Waals surface area contributed by atoms with Crippen LogP contribution in [-0.4, -0.2) is 47.9 Å². The van der Waals surface area contributed by atoms with E-state index in [1.165, 1.54) is 12.5 Å². The van der Waals surface area contributed by atoms with E-state index < -0.39 is 9.84 Å². The second-order valence-electron chi connectivity index (χ2n) is 5.25. The summed E-state index contributed by atoms with van der Waals surface area (Å²) in [5.74, 6) is 1.05. The summed E-state index contributed by atoms with van der Waals surface area (Å²) in [7, 11) is -3.23. The normalized spacial score (nSPS) is 17.1. The average molecular weight is 307 g/mol. The molecule has 8 heteroatoms. The fourth-order valence-electron chi connectivity index (χ4n) is 2.72. The Hall–Kier alpha value is -1.96. The fourth-order valence-corrected chi connectivity index (χ4v) is 3.58. The summed E-state index contributed by atoms with van der Waals surface area (Å²) in [4.78, 5) is 10.9. The third-order valence-corrected chi connectivity index (χ3v) is 4.93. The molecule has 3 heterocycles. The van der Waals surface area contributed by atoms with Gasteiger partial charge in [-0.3, -0.25) is 10.1 Å². The van der Waals surface area contributed by atoms with Gasteiger partial charge in [0.15, 0.2) is 9.84 Å². The van der Waals surface area contributed by atoms with Gasteiger partial charge in [0.05, 0.1) is 18.1 Å². The molecular formula is C13H17N5O2S. The molecule has 0 amide bonds. The van der Waals surface area contributed by atoms with Crippen LogP contribution in [0.4, 0.5) is 5.82 Å². The first-order chi connectivity index (χ1) is 10.1. The number of nitrogens with zero attached hydrogens (tertiary/aromatic N) is 4. The molecule has 1 aliphatic heterocycles. The van der Waals surface area contributed by atoms with Crippen LogP contribution in [0.25, 0.3) is 0 Å². The predicted molar refractivity (Wildman–Crippen MR) is 77.9 cm³/mol. The highest BCUT2D eigenvalue weighted by atomic mass is 32.2. The number of aromatic amines is 1. The van der Waals surface area contributed by atoms with Crippen molar-refractivity contribution in [1.29, 1.82) is 0 Å². The molecule has 1 saturated heterocycles. The second kappa shape index (κ2) is 5.44. The van der Waals surface area contributed by atoms with Gasteiger partial charge < -0.3 is 4.90 Å². The summed E-state index contributed by atoms with van der Waals surface area (Å²) in [6.07, 6.45) is 9.42. The summed E-state index contributed by atoms with van der Waals surface area (Å²) >= 11 is 0. The van der Waals surface area contributed by atoms with Gasteiger partial charge in [0.1, 0.15) is 10.7 Å².